The number of nitrogen functional groups attached to an aromatic ring is 1. The van der Waals surface area contributed by atoms with Crippen molar-refractivity contribution in [1.29, 1.82) is 0 Å². The van der Waals surface area contributed by atoms with Gasteiger partial charge in [0.05, 0.1) is 0 Å². The van der Waals surface area contributed by atoms with Gasteiger partial charge in [-0.05, 0) is 19.3 Å². The first-order chi connectivity index (χ1) is 10.0. The molecule has 114 valence electrons. The molecule has 0 spiro atoms. The van der Waals surface area contributed by atoms with E-state index in [0.29, 0.717) is 17.9 Å². The van der Waals surface area contributed by atoms with E-state index in [1.807, 2.05) is 11.8 Å². The predicted molar refractivity (Wildman–Crippen MR) is 81.5 cm³/mol. The minimum atomic E-state index is -0.356. The van der Waals surface area contributed by atoms with E-state index in [4.69, 9.17) is 5.73 Å². The first-order valence-electron chi connectivity index (χ1n) is 7.50. The van der Waals surface area contributed by atoms with Gasteiger partial charge in [-0.1, -0.05) is 19.8 Å². The molecule has 0 saturated heterocycles. The normalized spacial score (nSPS) is 22.8. The van der Waals surface area contributed by atoms with Crippen LogP contribution < -0.4 is 21.1 Å². The Hall–Kier alpha value is -2.05. The minimum absolute atomic E-state index is 0.0472. The fourth-order valence-corrected chi connectivity index (χ4v) is 3.54. The molecule has 0 unspecified atom stereocenters. The molecule has 1 fully saturated rings. The van der Waals surface area contributed by atoms with E-state index < -0.39 is 0 Å². The summed E-state index contributed by atoms with van der Waals surface area (Å²) in [6.07, 6.45) is 5.04. The number of aromatic nitrogens is 2. The van der Waals surface area contributed by atoms with Crippen molar-refractivity contribution in [3.8, 4) is 0 Å². The average Bonchev–Trinajstić information content (AvgIpc) is 2.95. The number of H-pyrrole nitrogens is 1. The molecule has 7 nitrogen and oxygen atoms in total. The van der Waals surface area contributed by atoms with Crippen LogP contribution in [0.25, 0.3) is 0 Å². The zero-order valence-electron chi connectivity index (χ0n) is 12.4. The van der Waals surface area contributed by atoms with Crippen LogP contribution in [-0.2, 0) is 4.79 Å². The third kappa shape index (κ3) is 2.07. The highest BCUT2D eigenvalue weighted by Crippen LogP contribution is 2.37. The Bertz CT molecular complexity index is 620. The van der Waals surface area contributed by atoms with Crippen molar-refractivity contribution in [1.82, 2.24) is 9.97 Å². The van der Waals surface area contributed by atoms with Crippen LogP contribution in [0.5, 0.6) is 0 Å². The molecule has 0 aromatic carbocycles. The number of likely N-dealkylation sites (N-methyl/N-ethyl adjacent to an activating group) is 1. The standard InChI is InChI=1S/C14H21N5O2/c1-3-9-13(21)18(2)10-11(16-14(15)17-12(10)20)19(9)8-6-4-5-7-8/h8-9H,3-7H2,1-2H3,(H3,15,16,17,20)/t9-/m1/s1. The van der Waals surface area contributed by atoms with Crippen LogP contribution in [0.4, 0.5) is 17.5 Å². The molecule has 1 aromatic heterocycles. The lowest BCUT2D eigenvalue weighted by molar-refractivity contribution is -0.120. The fraction of sp³-hybridized carbons (Fsp3) is 0.643. The summed E-state index contributed by atoms with van der Waals surface area (Å²) in [6, 6.07) is -0.000602. The summed E-state index contributed by atoms with van der Waals surface area (Å²) in [5, 5.41) is 0. The molecule has 3 rings (SSSR count). The van der Waals surface area contributed by atoms with Gasteiger partial charge in [-0.3, -0.25) is 14.6 Å². The lowest BCUT2D eigenvalue weighted by Gasteiger charge is -2.43. The number of nitrogens with one attached hydrogen (secondary N) is 1. The van der Waals surface area contributed by atoms with Gasteiger partial charge in [-0.2, -0.15) is 4.98 Å². The van der Waals surface area contributed by atoms with Crippen LogP contribution in [0.15, 0.2) is 4.79 Å². The largest absolute Gasteiger partial charge is 0.369 e. The second-order valence-corrected chi connectivity index (χ2v) is 5.79. The molecule has 0 bridgehead atoms. The molecule has 1 aliphatic heterocycles. The first-order valence-corrected chi connectivity index (χ1v) is 7.50. The maximum Gasteiger partial charge on any atom is 0.278 e. The highest BCUT2D eigenvalue weighted by molar-refractivity contribution is 6.04. The summed E-state index contributed by atoms with van der Waals surface area (Å²) in [5.41, 5.74) is 5.67. The third-order valence-corrected chi connectivity index (χ3v) is 4.53. The number of aromatic amines is 1. The Morgan fingerprint density at radius 2 is 2.00 bits per heavy atom. The Balaban J connectivity index is 2.19. The SMILES string of the molecule is CC[C@@H]1C(=O)N(C)c2c(nc(N)[nH]c2=O)N1C1CCCC1. The average molecular weight is 291 g/mol. The summed E-state index contributed by atoms with van der Waals surface area (Å²) in [6.45, 7) is 1.99. The number of fused-ring (bicyclic) bond motifs is 1. The fourth-order valence-electron chi connectivity index (χ4n) is 3.54. The minimum Gasteiger partial charge on any atom is -0.369 e. The van der Waals surface area contributed by atoms with Gasteiger partial charge < -0.3 is 15.5 Å². The van der Waals surface area contributed by atoms with E-state index >= 15 is 0 Å². The van der Waals surface area contributed by atoms with Gasteiger partial charge in [0.2, 0.25) is 11.9 Å². The molecule has 21 heavy (non-hydrogen) atoms. The molecule has 1 atom stereocenters. The van der Waals surface area contributed by atoms with Crippen molar-refractivity contribution in [2.75, 3.05) is 22.6 Å². The predicted octanol–water partition coefficient (Wildman–Crippen LogP) is 0.856. The van der Waals surface area contributed by atoms with E-state index in [9.17, 15) is 9.59 Å². The van der Waals surface area contributed by atoms with Gasteiger partial charge in [-0.15, -0.1) is 0 Å². The highest BCUT2D eigenvalue weighted by atomic mass is 16.2. The Morgan fingerprint density at radius 3 is 2.62 bits per heavy atom. The summed E-state index contributed by atoms with van der Waals surface area (Å²) < 4.78 is 0. The Kier molecular flexibility index (Phi) is 3.35. The van der Waals surface area contributed by atoms with Gasteiger partial charge in [0, 0.05) is 13.1 Å². The zero-order chi connectivity index (χ0) is 15.1. The number of carbonyl (C=O) groups is 1. The summed E-state index contributed by atoms with van der Waals surface area (Å²) in [5.74, 6) is 0.602. The molecule has 3 N–H and O–H groups in total. The van der Waals surface area contributed by atoms with E-state index in [2.05, 4.69) is 9.97 Å². The van der Waals surface area contributed by atoms with E-state index in [0.717, 1.165) is 25.7 Å². The maximum atomic E-state index is 12.6. The van der Waals surface area contributed by atoms with Crippen molar-refractivity contribution >= 4 is 23.4 Å². The molecule has 2 heterocycles. The van der Waals surface area contributed by atoms with Crippen molar-refractivity contribution < 1.29 is 4.79 Å². The van der Waals surface area contributed by atoms with Crippen molar-refractivity contribution in [3.05, 3.63) is 10.4 Å². The van der Waals surface area contributed by atoms with Crippen LogP contribution in [0.3, 0.4) is 0 Å². The van der Waals surface area contributed by atoms with E-state index in [1.165, 1.54) is 4.90 Å². The van der Waals surface area contributed by atoms with Crippen LogP contribution in [-0.4, -0.2) is 35.0 Å². The summed E-state index contributed by atoms with van der Waals surface area (Å²) >= 11 is 0. The highest BCUT2D eigenvalue weighted by Gasteiger charge is 2.42. The number of amides is 1. The zero-order valence-corrected chi connectivity index (χ0v) is 12.4. The quantitative estimate of drug-likeness (QED) is 0.842. The number of hydrogen-bond acceptors (Lipinski definition) is 5. The number of carbonyl (C=O) groups excluding carboxylic acids is 1. The molecular formula is C14H21N5O2. The Morgan fingerprint density at radius 1 is 1.33 bits per heavy atom. The number of hydrogen-bond donors (Lipinski definition) is 2. The molecule has 7 heteroatoms. The number of anilines is 3. The maximum absolute atomic E-state index is 12.6. The lowest BCUT2D eigenvalue weighted by Crippen LogP contribution is -2.57. The molecule has 1 aromatic rings. The van der Waals surface area contributed by atoms with Crippen molar-refractivity contribution in [2.45, 2.75) is 51.1 Å². The number of nitrogens with two attached hydrogens (primary N) is 1. The van der Waals surface area contributed by atoms with Gasteiger partial charge in [0.15, 0.2) is 11.5 Å². The molecule has 0 radical (unpaired) electrons. The number of nitrogens with zero attached hydrogens (tertiary/aromatic N) is 3. The smallest absolute Gasteiger partial charge is 0.278 e. The van der Waals surface area contributed by atoms with E-state index in [-0.39, 0.29) is 29.5 Å². The van der Waals surface area contributed by atoms with Crippen LogP contribution in [0.1, 0.15) is 39.0 Å². The van der Waals surface area contributed by atoms with E-state index in [1.54, 1.807) is 7.05 Å². The molecular weight excluding hydrogens is 270 g/mol. The van der Waals surface area contributed by atoms with Gasteiger partial charge in [0.1, 0.15) is 6.04 Å². The van der Waals surface area contributed by atoms with Crippen molar-refractivity contribution in [3.63, 3.8) is 0 Å². The number of rotatable bonds is 2. The second kappa shape index (κ2) is 5.05. The van der Waals surface area contributed by atoms with Crippen LogP contribution in [0, 0.1) is 0 Å². The Labute approximate surface area is 123 Å². The molecule has 1 saturated carbocycles. The van der Waals surface area contributed by atoms with Crippen LogP contribution in [0.2, 0.25) is 0 Å². The van der Waals surface area contributed by atoms with Gasteiger partial charge in [0.25, 0.3) is 5.56 Å². The molecule has 2 aliphatic rings. The van der Waals surface area contributed by atoms with Gasteiger partial charge in [-0.25, -0.2) is 0 Å². The van der Waals surface area contributed by atoms with Gasteiger partial charge >= 0.3 is 0 Å². The molecule has 1 aliphatic carbocycles. The van der Waals surface area contributed by atoms with Crippen molar-refractivity contribution in [2.24, 2.45) is 0 Å². The topological polar surface area (TPSA) is 95.3 Å². The van der Waals surface area contributed by atoms with Crippen LogP contribution >= 0.6 is 0 Å². The monoisotopic (exact) mass is 291 g/mol. The molecule has 1 amide bonds. The first kappa shape index (κ1) is 13.9. The lowest BCUT2D eigenvalue weighted by atomic mass is 10.0. The summed E-state index contributed by atoms with van der Waals surface area (Å²) in [7, 11) is 1.63. The summed E-state index contributed by atoms with van der Waals surface area (Å²) in [4.78, 5) is 35.1. The third-order valence-electron chi connectivity index (χ3n) is 4.53. The second-order valence-electron chi connectivity index (χ2n) is 5.79.